The highest BCUT2D eigenvalue weighted by Gasteiger charge is 2.33. The van der Waals surface area contributed by atoms with Crippen molar-refractivity contribution >= 4 is 34.1 Å². The van der Waals surface area contributed by atoms with Crippen LogP contribution in [0.5, 0.6) is 0 Å². The Morgan fingerprint density at radius 3 is 1.31 bits per heavy atom. The first-order valence-corrected chi connectivity index (χ1v) is 14.4. The molecule has 6 aromatic carbocycles. The molecule has 42 heavy (non-hydrogen) atoms. The Labute approximate surface area is 247 Å². The summed E-state index contributed by atoms with van der Waals surface area (Å²) in [7, 11) is 0. The molecule has 1 aliphatic heterocycles. The Hall–Kier alpha value is -5.12. The molecule has 0 saturated heterocycles. The van der Waals surface area contributed by atoms with Crippen LogP contribution >= 0.6 is 0 Å². The van der Waals surface area contributed by atoms with Crippen molar-refractivity contribution in [1.29, 1.82) is 0 Å². The molecule has 0 atom stereocenters. The number of aliphatic hydroxyl groups is 1. The first kappa shape index (κ1) is 25.8. The third kappa shape index (κ3) is 4.54. The zero-order chi connectivity index (χ0) is 28.7. The fourth-order valence-electron chi connectivity index (χ4n) is 5.95. The zero-order valence-corrected chi connectivity index (χ0v) is 23.8. The summed E-state index contributed by atoms with van der Waals surface area (Å²) < 4.78 is 0. The molecule has 0 aliphatic carbocycles. The van der Waals surface area contributed by atoms with Crippen LogP contribution in [0.2, 0.25) is 0 Å². The summed E-state index contributed by atoms with van der Waals surface area (Å²) in [6, 6.07) is 53.0. The van der Waals surface area contributed by atoms with Crippen molar-refractivity contribution in [3.63, 3.8) is 0 Å². The molecular weight excluding hydrogens is 512 g/mol. The van der Waals surface area contributed by atoms with Gasteiger partial charge in [0.25, 0.3) is 0 Å². The van der Waals surface area contributed by atoms with Crippen LogP contribution in [0.1, 0.15) is 19.4 Å². The summed E-state index contributed by atoms with van der Waals surface area (Å²) in [6.07, 6.45) is 0. The van der Waals surface area contributed by atoms with Crippen LogP contribution in [0.4, 0.5) is 34.1 Å². The monoisotopic (exact) mass is 544 g/mol. The van der Waals surface area contributed by atoms with E-state index in [-0.39, 0.29) is 0 Å². The number of fused-ring (bicyclic) bond motifs is 2. The van der Waals surface area contributed by atoms with E-state index in [1.54, 1.807) is 0 Å². The molecule has 6 aromatic rings. The summed E-state index contributed by atoms with van der Waals surface area (Å²) in [5.41, 5.74) is 10.7. The molecule has 3 heteroatoms. The minimum Gasteiger partial charge on any atom is -0.386 e. The quantitative estimate of drug-likeness (QED) is 0.233. The van der Waals surface area contributed by atoms with Crippen LogP contribution in [-0.4, -0.2) is 5.11 Å². The third-order valence-corrected chi connectivity index (χ3v) is 7.96. The van der Waals surface area contributed by atoms with E-state index in [0.717, 1.165) is 50.8 Å². The van der Waals surface area contributed by atoms with Gasteiger partial charge in [-0.3, -0.25) is 0 Å². The first-order chi connectivity index (χ1) is 20.5. The second kappa shape index (κ2) is 10.4. The van der Waals surface area contributed by atoms with E-state index in [9.17, 15) is 5.11 Å². The maximum Gasteiger partial charge on any atom is 0.0860 e. The van der Waals surface area contributed by atoms with Crippen LogP contribution in [0, 0.1) is 0 Å². The molecular formula is C39H32N2O. The number of anilines is 6. The molecule has 0 radical (unpaired) electrons. The number of hydrogen-bond donors (Lipinski definition) is 1. The molecule has 1 N–H and O–H groups in total. The molecule has 0 spiro atoms. The fourth-order valence-corrected chi connectivity index (χ4v) is 5.95. The number of hydrogen-bond acceptors (Lipinski definition) is 3. The van der Waals surface area contributed by atoms with Gasteiger partial charge in [-0.15, -0.1) is 0 Å². The predicted molar refractivity (Wildman–Crippen MR) is 175 cm³/mol. The van der Waals surface area contributed by atoms with E-state index < -0.39 is 5.60 Å². The van der Waals surface area contributed by atoms with Gasteiger partial charge in [-0.1, -0.05) is 103 Å². The van der Waals surface area contributed by atoms with Crippen molar-refractivity contribution in [2.45, 2.75) is 19.4 Å². The smallest absolute Gasteiger partial charge is 0.0860 e. The van der Waals surface area contributed by atoms with Gasteiger partial charge in [0.15, 0.2) is 0 Å². The Bertz CT molecular complexity index is 1810. The van der Waals surface area contributed by atoms with Gasteiger partial charge in [0, 0.05) is 11.3 Å². The molecule has 0 fully saturated rings. The van der Waals surface area contributed by atoms with Crippen molar-refractivity contribution in [2.24, 2.45) is 0 Å². The largest absolute Gasteiger partial charge is 0.386 e. The lowest BCUT2D eigenvalue weighted by atomic mass is 9.91. The normalized spacial score (nSPS) is 12.5. The SMILES string of the molecule is CC(C)(O)c1cc(-c2ccccc2)ccc1N1c2ccccc2N(c2ccc(-c3ccccc3)cc2)c2ccccc21. The highest BCUT2D eigenvalue weighted by molar-refractivity contribution is 6.02. The minimum atomic E-state index is -1.06. The van der Waals surface area contributed by atoms with Gasteiger partial charge in [-0.25, -0.2) is 0 Å². The standard InChI is InChI=1S/C39H32N2O/c1-39(2,42)33-27-31(29-15-7-4-8-16-29)23-26-34(33)41-37-19-11-9-17-35(37)40(36-18-10-12-20-38(36)41)32-24-21-30(22-25-32)28-13-5-3-6-14-28/h3-27,42H,1-2H3. The predicted octanol–water partition coefficient (Wildman–Crippen LogP) is 10.5. The Morgan fingerprint density at radius 1 is 0.405 bits per heavy atom. The summed E-state index contributed by atoms with van der Waals surface area (Å²) >= 11 is 0. The van der Waals surface area contributed by atoms with Gasteiger partial charge < -0.3 is 14.9 Å². The van der Waals surface area contributed by atoms with E-state index in [2.05, 4.69) is 137 Å². The van der Waals surface area contributed by atoms with Gasteiger partial charge in [0.2, 0.25) is 0 Å². The molecule has 204 valence electrons. The van der Waals surface area contributed by atoms with E-state index in [4.69, 9.17) is 0 Å². The van der Waals surface area contributed by atoms with Gasteiger partial charge in [0.1, 0.15) is 0 Å². The lowest BCUT2D eigenvalue weighted by Crippen LogP contribution is -2.27. The fraction of sp³-hybridized carbons (Fsp3) is 0.0769. The van der Waals surface area contributed by atoms with E-state index in [0.29, 0.717) is 0 Å². The van der Waals surface area contributed by atoms with E-state index >= 15 is 0 Å². The van der Waals surface area contributed by atoms with Crippen molar-refractivity contribution in [2.75, 3.05) is 9.80 Å². The topological polar surface area (TPSA) is 26.7 Å². The van der Waals surface area contributed by atoms with Crippen LogP contribution < -0.4 is 9.80 Å². The molecule has 3 nitrogen and oxygen atoms in total. The highest BCUT2D eigenvalue weighted by atomic mass is 16.3. The van der Waals surface area contributed by atoms with Crippen molar-refractivity contribution in [3.05, 3.63) is 157 Å². The van der Waals surface area contributed by atoms with E-state index in [1.165, 1.54) is 11.1 Å². The van der Waals surface area contributed by atoms with Crippen LogP contribution in [0.25, 0.3) is 22.3 Å². The number of para-hydroxylation sites is 4. The van der Waals surface area contributed by atoms with Crippen molar-refractivity contribution in [1.82, 2.24) is 0 Å². The summed E-state index contributed by atoms with van der Waals surface area (Å²) in [5, 5.41) is 11.5. The van der Waals surface area contributed by atoms with E-state index in [1.807, 2.05) is 38.1 Å². The maximum atomic E-state index is 11.5. The average Bonchev–Trinajstić information content (AvgIpc) is 3.04. The average molecular weight is 545 g/mol. The second-order valence-corrected chi connectivity index (χ2v) is 11.2. The maximum absolute atomic E-state index is 11.5. The molecule has 0 aromatic heterocycles. The molecule has 0 saturated carbocycles. The lowest BCUT2D eigenvalue weighted by molar-refractivity contribution is 0.0792. The summed E-state index contributed by atoms with van der Waals surface area (Å²) in [5.74, 6) is 0. The van der Waals surface area contributed by atoms with Gasteiger partial charge in [-0.05, 0) is 84.6 Å². The number of rotatable bonds is 5. The van der Waals surface area contributed by atoms with Gasteiger partial charge >= 0.3 is 0 Å². The highest BCUT2D eigenvalue weighted by Crippen LogP contribution is 2.55. The first-order valence-electron chi connectivity index (χ1n) is 14.4. The molecule has 0 amide bonds. The zero-order valence-electron chi connectivity index (χ0n) is 23.8. The molecule has 7 rings (SSSR count). The van der Waals surface area contributed by atoms with Crippen molar-refractivity contribution < 1.29 is 5.11 Å². The summed E-state index contributed by atoms with van der Waals surface area (Å²) in [4.78, 5) is 4.62. The molecule has 1 heterocycles. The Morgan fingerprint density at radius 2 is 0.810 bits per heavy atom. The van der Waals surface area contributed by atoms with Gasteiger partial charge in [-0.2, -0.15) is 0 Å². The number of nitrogens with zero attached hydrogens (tertiary/aromatic N) is 2. The van der Waals surface area contributed by atoms with Crippen LogP contribution in [0.15, 0.2) is 152 Å². The Kier molecular flexibility index (Phi) is 6.38. The third-order valence-electron chi connectivity index (χ3n) is 7.96. The molecule has 1 aliphatic rings. The molecule has 0 bridgehead atoms. The summed E-state index contributed by atoms with van der Waals surface area (Å²) in [6.45, 7) is 3.73. The Balaban J connectivity index is 1.39. The van der Waals surface area contributed by atoms with Crippen molar-refractivity contribution in [3.8, 4) is 22.3 Å². The lowest BCUT2D eigenvalue weighted by Gasteiger charge is -2.41. The van der Waals surface area contributed by atoms with Crippen LogP contribution in [-0.2, 0) is 5.60 Å². The number of benzene rings is 6. The van der Waals surface area contributed by atoms with Crippen LogP contribution in [0.3, 0.4) is 0 Å². The van der Waals surface area contributed by atoms with Gasteiger partial charge in [0.05, 0.1) is 34.0 Å². The second-order valence-electron chi connectivity index (χ2n) is 11.2. The minimum absolute atomic E-state index is 0.870. The molecule has 0 unspecified atom stereocenters.